The minimum absolute atomic E-state index is 0.277. The minimum atomic E-state index is -0.277. The predicted octanol–water partition coefficient (Wildman–Crippen LogP) is 1.15. The van der Waals surface area contributed by atoms with Crippen LogP contribution in [0.4, 0.5) is 0 Å². The van der Waals surface area contributed by atoms with Crippen molar-refractivity contribution in [3.63, 3.8) is 0 Å². The van der Waals surface area contributed by atoms with Crippen molar-refractivity contribution in [2.24, 2.45) is 0 Å². The fourth-order valence-electron chi connectivity index (χ4n) is 2.70. The molecule has 2 aliphatic rings. The van der Waals surface area contributed by atoms with Gasteiger partial charge < -0.3 is 19.3 Å². The molecule has 1 aromatic heterocycles. The van der Waals surface area contributed by atoms with Crippen molar-refractivity contribution >= 4 is 0 Å². The lowest BCUT2D eigenvalue weighted by Gasteiger charge is -2.35. The van der Waals surface area contributed by atoms with Gasteiger partial charge in [-0.1, -0.05) is 5.16 Å². The van der Waals surface area contributed by atoms with E-state index in [9.17, 15) is 0 Å². The van der Waals surface area contributed by atoms with Crippen LogP contribution in [0.3, 0.4) is 0 Å². The Kier molecular flexibility index (Phi) is 3.32. The molecule has 1 aliphatic carbocycles. The Morgan fingerprint density at radius 2 is 2.00 bits per heavy atom. The molecule has 2 fully saturated rings. The molecule has 0 bridgehead atoms. The first-order valence-corrected chi connectivity index (χ1v) is 6.56. The van der Waals surface area contributed by atoms with Crippen molar-refractivity contribution in [1.29, 1.82) is 0 Å². The number of nitrogens with zero attached hydrogens (tertiary/aromatic N) is 2. The topological polar surface area (TPSA) is 69.4 Å². The largest absolute Gasteiger partial charge is 0.348 e. The number of nitrogens with one attached hydrogen (secondary N) is 1. The van der Waals surface area contributed by atoms with Crippen molar-refractivity contribution in [3.8, 4) is 0 Å². The molecule has 2 heterocycles. The van der Waals surface area contributed by atoms with Gasteiger partial charge in [0.1, 0.15) is 0 Å². The fraction of sp³-hybridized carbons (Fsp3) is 0.833. The summed E-state index contributed by atoms with van der Waals surface area (Å²) < 4.78 is 16.4. The first-order valence-electron chi connectivity index (χ1n) is 6.56. The summed E-state index contributed by atoms with van der Waals surface area (Å²) >= 11 is 0. The SMILES string of the molecule is Cc1nc(CNC2CCC3(CC2)OCCO3)no1. The third kappa shape index (κ3) is 2.55. The van der Waals surface area contributed by atoms with Crippen LogP contribution in [0.1, 0.15) is 37.4 Å². The lowest BCUT2D eigenvalue weighted by molar-refractivity contribution is -0.179. The van der Waals surface area contributed by atoms with E-state index in [2.05, 4.69) is 15.5 Å². The van der Waals surface area contributed by atoms with Crippen molar-refractivity contribution in [3.05, 3.63) is 11.7 Å². The summed E-state index contributed by atoms with van der Waals surface area (Å²) in [6.07, 6.45) is 4.07. The van der Waals surface area contributed by atoms with Gasteiger partial charge in [-0.25, -0.2) is 0 Å². The van der Waals surface area contributed by atoms with Gasteiger partial charge in [-0.3, -0.25) is 0 Å². The number of hydrogen-bond donors (Lipinski definition) is 1. The van der Waals surface area contributed by atoms with Crippen LogP contribution in [0.2, 0.25) is 0 Å². The van der Waals surface area contributed by atoms with Crippen LogP contribution in [0.25, 0.3) is 0 Å². The second kappa shape index (κ2) is 4.95. The first-order chi connectivity index (χ1) is 8.76. The van der Waals surface area contributed by atoms with E-state index in [1.807, 2.05) is 0 Å². The standard InChI is InChI=1S/C12H19N3O3/c1-9-14-11(15-18-9)8-13-10-2-4-12(5-3-10)16-6-7-17-12/h10,13H,2-8H2,1H3. The number of hydrogen-bond acceptors (Lipinski definition) is 6. The molecular formula is C12H19N3O3. The lowest BCUT2D eigenvalue weighted by Crippen LogP contribution is -2.41. The second-order valence-corrected chi connectivity index (χ2v) is 4.99. The summed E-state index contributed by atoms with van der Waals surface area (Å²) in [4.78, 5) is 4.18. The summed E-state index contributed by atoms with van der Waals surface area (Å²) in [7, 11) is 0. The average molecular weight is 253 g/mol. The Bertz CT molecular complexity index is 391. The molecule has 1 saturated carbocycles. The Morgan fingerprint density at radius 3 is 2.61 bits per heavy atom. The Labute approximate surface area is 106 Å². The number of ether oxygens (including phenoxy) is 2. The average Bonchev–Trinajstić information content (AvgIpc) is 2.99. The minimum Gasteiger partial charge on any atom is -0.348 e. The van der Waals surface area contributed by atoms with Gasteiger partial charge >= 0.3 is 0 Å². The van der Waals surface area contributed by atoms with Crippen LogP contribution in [-0.2, 0) is 16.0 Å². The summed E-state index contributed by atoms with van der Waals surface area (Å²) in [6.45, 7) is 3.94. The van der Waals surface area contributed by atoms with Gasteiger partial charge in [0, 0.05) is 25.8 Å². The molecule has 3 rings (SSSR count). The highest BCUT2D eigenvalue weighted by atomic mass is 16.7. The van der Waals surface area contributed by atoms with Crippen LogP contribution in [-0.4, -0.2) is 35.2 Å². The maximum Gasteiger partial charge on any atom is 0.223 e. The van der Waals surface area contributed by atoms with Crippen LogP contribution in [0.5, 0.6) is 0 Å². The van der Waals surface area contributed by atoms with Crippen molar-refractivity contribution < 1.29 is 14.0 Å². The van der Waals surface area contributed by atoms with E-state index < -0.39 is 0 Å². The molecule has 1 aliphatic heterocycles. The molecule has 100 valence electrons. The summed E-state index contributed by atoms with van der Waals surface area (Å²) in [6, 6.07) is 0.488. The van der Waals surface area contributed by atoms with Gasteiger partial charge in [0.05, 0.1) is 19.8 Å². The monoisotopic (exact) mass is 253 g/mol. The fourth-order valence-corrected chi connectivity index (χ4v) is 2.70. The molecule has 1 spiro atoms. The zero-order chi connectivity index (χ0) is 12.4. The van der Waals surface area contributed by atoms with Gasteiger partial charge in [-0.15, -0.1) is 0 Å². The Balaban J connectivity index is 1.45. The van der Waals surface area contributed by atoms with Gasteiger partial charge in [0.25, 0.3) is 0 Å². The molecule has 6 heteroatoms. The van der Waals surface area contributed by atoms with Gasteiger partial charge in [0.2, 0.25) is 5.89 Å². The molecular weight excluding hydrogens is 234 g/mol. The molecule has 1 aromatic rings. The molecule has 0 aromatic carbocycles. The van der Waals surface area contributed by atoms with E-state index in [1.54, 1.807) is 6.92 Å². The molecule has 6 nitrogen and oxygen atoms in total. The van der Waals surface area contributed by atoms with Gasteiger partial charge in [-0.05, 0) is 12.8 Å². The van der Waals surface area contributed by atoms with Gasteiger partial charge in [0.15, 0.2) is 11.6 Å². The molecule has 1 saturated heterocycles. The van der Waals surface area contributed by atoms with Crippen molar-refractivity contribution in [1.82, 2.24) is 15.5 Å². The quantitative estimate of drug-likeness (QED) is 0.871. The Morgan fingerprint density at radius 1 is 1.28 bits per heavy atom. The van der Waals surface area contributed by atoms with E-state index in [0.717, 1.165) is 44.7 Å². The zero-order valence-corrected chi connectivity index (χ0v) is 10.6. The lowest BCUT2D eigenvalue weighted by atomic mass is 9.90. The highest BCUT2D eigenvalue weighted by Crippen LogP contribution is 2.35. The van der Waals surface area contributed by atoms with Crippen LogP contribution in [0, 0.1) is 6.92 Å². The van der Waals surface area contributed by atoms with E-state index >= 15 is 0 Å². The molecule has 0 unspecified atom stereocenters. The van der Waals surface area contributed by atoms with E-state index in [1.165, 1.54) is 0 Å². The van der Waals surface area contributed by atoms with E-state index in [4.69, 9.17) is 14.0 Å². The van der Waals surface area contributed by atoms with Crippen LogP contribution >= 0.6 is 0 Å². The molecule has 0 atom stereocenters. The Hall–Kier alpha value is -0.980. The molecule has 18 heavy (non-hydrogen) atoms. The van der Waals surface area contributed by atoms with Crippen molar-refractivity contribution in [2.75, 3.05) is 13.2 Å². The van der Waals surface area contributed by atoms with Crippen LogP contribution in [0.15, 0.2) is 4.52 Å². The molecule has 0 amide bonds. The van der Waals surface area contributed by atoms with Crippen molar-refractivity contribution in [2.45, 2.75) is 51.0 Å². The van der Waals surface area contributed by atoms with Gasteiger partial charge in [-0.2, -0.15) is 4.98 Å². The second-order valence-electron chi connectivity index (χ2n) is 4.99. The number of aromatic nitrogens is 2. The summed E-state index contributed by atoms with van der Waals surface area (Å²) in [5, 5.41) is 7.33. The number of rotatable bonds is 3. The first kappa shape index (κ1) is 12.1. The molecule has 1 N–H and O–H groups in total. The third-order valence-corrected chi connectivity index (χ3v) is 3.68. The smallest absolute Gasteiger partial charge is 0.223 e. The van der Waals surface area contributed by atoms with Crippen LogP contribution < -0.4 is 5.32 Å². The summed E-state index contributed by atoms with van der Waals surface area (Å²) in [5.74, 6) is 1.06. The third-order valence-electron chi connectivity index (χ3n) is 3.68. The van der Waals surface area contributed by atoms with E-state index in [-0.39, 0.29) is 5.79 Å². The maximum atomic E-state index is 5.71. The maximum absolute atomic E-state index is 5.71. The highest BCUT2D eigenvalue weighted by Gasteiger charge is 2.40. The normalized spacial score (nSPS) is 23.8. The summed E-state index contributed by atoms with van der Waals surface area (Å²) in [5.41, 5.74) is 0. The predicted molar refractivity (Wildman–Crippen MR) is 62.8 cm³/mol. The zero-order valence-electron chi connectivity index (χ0n) is 10.6. The van der Waals surface area contributed by atoms with E-state index in [0.29, 0.717) is 18.5 Å². The number of aryl methyl sites for hydroxylation is 1. The molecule has 0 radical (unpaired) electrons. The highest BCUT2D eigenvalue weighted by molar-refractivity contribution is 4.88.